The van der Waals surface area contributed by atoms with Crippen molar-refractivity contribution in [3.05, 3.63) is 87.4 Å². The van der Waals surface area contributed by atoms with Gasteiger partial charge >= 0.3 is 0 Å². The Balaban J connectivity index is 1.72. The van der Waals surface area contributed by atoms with Crippen LogP contribution in [0.25, 0.3) is 0 Å². The number of hydrogen-bond acceptors (Lipinski definition) is 4. The molecule has 0 amide bonds. The van der Waals surface area contributed by atoms with E-state index in [-0.39, 0.29) is 17.2 Å². The summed E-state index contributed by atoms with van der Waals surface area (Å²) < 4.78 is 40.5. The van der Waals surface area contributed by atoms with Crippen molar-refractivity contribution in [2.75, 3.05) is 0 Å². The van der Waals surface area contributed by atoms with E-state index in [9.17, 15) is 17.6 Å². The number of halogens is 1. The molecule has 0 fully saturated rings. The van der Waals surface area contributed by atoms with Crippen molar-refractivity contribution >= 4 is 27.1 Å². The number of benzene rings is 2. The van der Waals surface area contributed by atoms with E-state index in [2.05, 4.69) is 4.72 Å². The molecule has 0 aliphatic heterocycles. The first kappa shape index (κ1) is 18.4. The number of hydrogen-bond donors (Lipinski definition) is 1. The van der Waals surface area contributed by atoms with Crippen LogP contribution in [-0.2, 0) is 16.6 Å². The summed E-state index contributed by atoms with van der Waals surface area (Å²) in [4.78, 5) is 13.7. The van der Waals surface area contributed by atoms with Crippen LogP contribution in [0.4, 0.5) is 4.39 Å². The fourth-order valence-electron chi connectivity index (χ4n) is 2.48. The third-order valence-electron chi connectivity index (χ3n) is 3.78. The number of ketones is 1. The first-order chi connectivity index (χ1) is 12.4. The van der Waals surface area contributed by atoms with Gasteiger partial charge in [-0.3, -0.25) is 4.79 Å². The third kappa shape index (κ3) is 4.07. The molecular formula is C19H16FNO3S2. The standard InChI is InChI=1S/C19H16FNO3S2/c1-13-11-15(20)7-10-18(13)26(23,24)21-12-16-8-9-17(25-16)19(22)14-5-3-2-4-6-14/h2-11,21H,12H2,1H3. The highest BCUT2D eigenvalue weighted by atomic mass is 32.2. The van der Waals surface area contributed by atoms with Gasteiger partial charge in [0.25, 0.3) is 0 Å². The summed E-state index contributed by atoms with van der Waals surface area (Å²) in [6.45, 7) is 1.60. The highest BCUT2D eigenvalue weighted by Crippen LogP contribution is 2.21. The van der Waals surface area contributed by atoms with Gasteiger partial charge in [-0.2, -0.15) is 0 Å². The molecule has 4 nitrogen and oxygen atoms in total. The lowest BCUT2D eigenvalue weighted by Gasteiger charge is -2.08. The zero-order valence-electron chi connectivity index (χ0n) is 13.9. The lowest BCUT2D eigenvalue weighted by Crippen LogP contribution is -2.23. The van der Waals surface area contributed by atoms with Crippen LogP contribution in [0, 0.1) is 12.7 Å². The SMILES string of the molecule is Cc1cc(F)ccc1S(=O)(=O)NCc1ccc(C(=O)c2ccccc2)s1. The summed E-state index contributed by atoms with van der Waals surface area (Å²) in [5.41, 5.74) is 0.923. The van der Waals surface area contributed by atoms with Crippen molar-refractivity contribution < 1.29 is 17.6 Å². The summed E-state index contributed by atoms with van der Waals surface area (Å²) in [5, 5.41) is 0. The molecular weight excluding hydrogens is 373 g/mol. The molecule has 0 atom stereocenters. The van der Waals surface area contributed by atoms with Gasteiger partial charge in [0.1, 0.15) is 5.82 Å². The normalized spacial score (nSPS) is 11.5. The minimum Gasteiger partial charge on any atom is -0.288 e. The fraction of sp³-hybridized carbons (Fsp3) is 0.105. The quantitative estimate of drug-likeness (QED) is 0.650. The Labute approximate surface area is 155 Å². The van der Waals surface area contributed by atoms with Gasteiger partial charge in [0.05, 0.1) is 9.77 Å². The Kier molecular flexibility index (Phi) is 5.31. The summed E-state index contributed by atoms with van der Waals surface area (Å²) in [6.07, 6.45) is 0. The predicted molar refractivity (Wildman–Crippen MR) is 99.4 cm³/mol. The first-order valence-electron chi connectivity index (χ1n) is 7.81. The smallest absolute Gasteiger partial charge is 0.241 e. The van der Waals surface area contributed by atoms with E-state index in [1.807, 2.05) is 6.07 Å². The maximum Gasteiger partial charge on any atom is 0.241 e. The van der Waals surface area contributed by atoms with E-state index >= 15 is 0 Å². The van der Waals surface area contributed by atoms with Crippen LogP contribution in [0.5, 0.6) is 0 Å². The van der Waals surface area contributed by atoms with Crippen LogP contribution in [0.2, 0.25) is 0 Å². The van der Waals surface area contributed by atoms with Gasteiger partial charge in [0.15, 0.2) is 0 Å². The largest absolute Gasteiger partial charge is 0.288 e. The van der Waals surface area contributed by atoms with Crippen LogP contribution in [0.3, 0.4) is 0 Å². The Morgan fingerprint density at radius 3 is 2.50 bits per heavy atom. The molecule has 0 spiro atoms. The topological polar surface area (TPSA) is 63.2 Å². The van der Waals surface area contributed by atoms with Gasteiger partial charge in [-0.05, 0) is 42.8 Å². The second kappa shape index (κ2) is 7.49. The second-order valence-electron chi connectivity index (χ2n) is 5.70. The maximum absolute atomic E-state index is 13.2. The van der Waals surface area contributed by atoms with Crippen molar-refractivity contribution in [1.29, 1.82) is 0 Å². The number of aryl methyl sites for hydroxylation is 1. The molecule has 3 aromatic rings. The van der Waals surface area contributed by atoms with Gasteiger partial charge in [-0.25, -0.2) is 17.5 Å². The molecule has 0 radical (unpaired) electrons. The lowest BCUT2D eigenvalue weighted by atomic mass is 10.1. The van der Waals surface area contributed by atoms with Crippen LogP contribution < -0.4 is 4.72 Å². The predicted octanol–water partition coefficient (Wildman–Crippen LogP) is 3.91. The highest BCUT2D eigenvalue weighted by Gasteiger charge is 2.18. The lowest BCUT2D eigenvalue weighted by molar-refractivity contribution is 0.104. The van der Waals surface area contributed by atoms with Crippen molar-refractivity contribution in [2.45, 2.75) is 18.4 Å². The van der Waals surface area contributed by atoms with Crippen LogP contribution in [-0.4, -0.2) is 14.2 Å². The Morgan fingerprint density at radius 2 is 1.81 bits per heavy atom. The van der Waals surface area contributed by atoms with Gasteiger partial charge < -0.3 is 0 Å². The molecule has 26 heavy (non-hydrogen) atoms. The number of thiophene rings is 1. The monoisotopic (exact) mass is 389 g/mol. The zero-order chi connectivity index (χ0) is 18.7. The Morgan fingerprint density at radius 1 is 1.08 bits per heavy atom. The maximum atomic E-state index is 13.2. The van der Waals surface area contributed by atoms with E-state index in [0.29, 0.717) is 20.9 Å². The first-order valence-corrected chi connectivity index (χ1v) is 10.1. The number of nitrogens with one attached hydrogen (secondary N) is 1. The highest BCUT2D eigenvalue weighted by molar-refractivity contribution is 7.89. The van der Waals surface area contributed by atoms with Gasteiger partial charge in [0.2, 0.25) is 15.8 Å². The van der Waals surface area contributed by atoms with Gasteiger partial charge in [0, 0.05) is 17.0 Å². The molecule has 3 rings (SSSR count). The molecule has 0 saturated carbocycles. The molecule has 1 aromatic heterocycles. The molecule has 1 heterocycles. The fourth-order valence-corrected chi connectivity index (χ4v) is 4.72. The minimum absolute atomic E-state index is 0.0380. The summed E-state index contributed by atoms with van der Waals surface area (Å²) in [6, 6.07) is 15.8. The molecule has 7 heteroatoms. The zero-order valence-corrected chi connectivity index (χ0v) is 15.5. The molecule has 134 valence electrons. The van der Waals surface area contributed by atoms with E-state index in [1.54, 1.807) is 43.3 Å². The van der Waals surface area contributed by atoms with Crippen molar-refractivity contribution in [3.63, 3.8) is 0 Å². The third-order valence-corrected chi connectivity index (χ3v) is 6.43. The van der Waals surface area contributed by atoms with Gasteiger partial charge in [-0.15, -0.1) is 11.3 Å². The van der Waals surface area contributed by atoms with E-state index in [1.165, 1.54) is 23.5 Å². The van der Waals surface area contributed by atoms with Crippen LogP contribution in [0.15, 0.2) is 65.6 Å². The average molecular weight is 389 g/mol. The van der Waals surface area contributed by atoms with E-state index in [4.69, 9.17) is 0 Å². The summed E-state index contributed by atoms with van der Waals surface area (Å²) in [5.74, 6) is -0.581. The summed E-state index contributed by atoms with van der Waals surface area (Å²) >= 11 is 1.24. The number of sulfonamides is 1. The number of carbonyl (C=O) groups excluding carboxylic acids is 1. The average Bonchev–Trinajstić information content (AvgIpc) is 3.09. The second-order valence-corrected chi connectivity index (χ2v) is 8.60. The van der Waals surface area contributed by atoms with Crippen molar-refractivity contribution in [3.8, 4) is 0 Å². The molecule has 0 aliphatic rings. The molecule has 0 unspecified atom stereocenters. The number of carbonyl (C=O) groups is 1. The summed E-state index contributed by atoms with van der Waals surface area (Å²) in [7, 11) is -3.76. The molecule has 0 bridgehead atoms. The number of rotatable bonds is 6. The molecule has 2 aromatic carbocycles. The molecule has 0 aliphatic carbocycles. The van der Waals surface area contributed by atoms with Crippen molar-refractivity contribution in [1.82, 2.24) is 4.72 Å². The van der Waals surface area contributed by atoms with Gasteiger partial charge in [-0.1, -0.05) is 30.3 Å². The van der Waals surface area contributed by atoms with Crippen molar-refractivity contribution in [2.24, 2.45) is 0 Å². The van der Waals surface area contributed by atoms with Crippen LogP contribution >= 0.6 is 11.3 Å². The van der Waals surface area contributed by atoms with E-state index < -0.39 is 15.8 Å². The minimum atomic E-state index is -3.76. The molecule has 1 N–H and O–H groups in total. The van der Waals surface area contributed by atoms with Crippen LogP contribution in [0.1, 0.15) is 25.7 Å². The Bertz CT molecular complexity index is 1040. The van der Waals surface area contributed by atoms with E-state index in [0.717, 1.165) is 6.07 Å². The Hall–Kier alpha value is -2.35. The molecule has 0 saturated heterocycles.